The van der Waals surface area contributed by atoms with Crippen LogP contribution in [0.1, 0.15) is 51.3 Å². The quantitative estimate of drug-likeness (QED) is 0.822. The van der Waals surface area contributed by atoms with Gasteiger partial charge in [0.1, 0.15) is 0 Å². The average molecular weight is 237 g/mol. The van der Waals surface area contributed by atoms with E-state index in [9.17, 15) is 5.11 Å². The number of aromatic nitrogens is 2. The predicted octanol–water partition coefficient (Wildman–Crippen LogP) is 1.86. The van der Waals surface area contributed by atoms with Gasteiger partial charge in [-0.15, -0.1) is 0 Å². The molecule has 96 valence electrons. The second-order valence-electron chi connectivity index (χ2n) is 5.42. The second kappa shape index (κ2) is 5.19. The molecule has 1 saturated carbocycles. The minimum atomic E-state index is -0.470. The first kappa shape index (κ1) is 12.6. The summed E-state index contributed by atoms with van der Waals surface area (Å²) < 4.78 is 2.16. The summed E-state index contributed by atoms with van der Waals surface area (Å²) in [5.74, 6) is 0. The Morgan fingerprint density at radius 3 is 2.82 bits per heavy atom. The fourth-order valence-electron chi connectivity index (χ4n) is 2.57. The van der Waals surface area contributed by atoms with Crippen molar-refractivity contribution in [1.29, 1.82) is 0 Å². The first-order valence-electron chi connectivity index (χ1n) is 6.54. The molecule has 17 heavy (non-hydrogen) atoms. The molecule has 0 aliphatic heterocycles. The van der Waals surface area contributed by atoms with Crippen LogP contribution in [0, 0.1) is 0 Å². The van der Waals surface area contributed by atoms with Gasteiger partial charge in [0.15, 0.2) is 0 Å². The van der Waals surface area contributed by atoms with Crippen LogP contribution in [0.5, 0.6) is 0 Å². The SMILES string of the molecule is CC(C)n1cncc1CNCC1(O)CCCC1. The molecule has 1 heterocycles. The highest BCUT2D eigenvalue weighted by Crippen LogP contribution is 2.28. The van der Waals surface area contributed by atoms with Crippen LogP contribution < -0.4 is 5.32 Å². The first-order chi connectivity index (χ1) is 8.11. The van der Waals surface area contributed by atoms with E-state index >= 15 is 0 Å². The van der Waals surface area contributed by atoms with E-state index in [1.165, 1.54) is 5.69 Å². The molecule has 2 rings (SSSR count). The highest BCUT2D eigenvalue weighted by atomic mass is 16.3. The van der Waals surface area contributed by atoms with Gasteiger partial charge in [0.2, 0.25) is 0 Å². The van der Waals surface area contributed by atoms with E-state index in [0.29, 0.717) is 12.6 Å². The number of imidazole rings is 1. The largest absolute Gasteiger partial charge is 0.389 e. The molecule has 0 saturated heterocycles. The minimum absolute atomic E-state index is 0.434. The lowest BCUT2D eigenvalue weighted by Crippen LogP contribution is -2.37. The zero-order valence-corrected chi connectivity index (χ0v) is 10.8. The van der Waals surface area contributed by atoms with Gasteiger partial charge in [-0.3, -0.25) is 0 Å². The average Bonchev–Trinajstić information content (AvgIpc) is 2.87. The van der Waals surface area contributed by atoms with Gasteiger partial charge in [0.25, 0.3) is 0 Å². The van der Waals surface area contributed by atoms with Gasteiger partial charge >= 0.3 is 0 Å². The van der Waals surface area contributed by atoms with Crippen molar-refractivity contribution in [1.82, 2.24) is 14.9 Å². The summed E-state index contributed by atoms with van der Waals surface area (Å²) >= 11 is 0. The maximum Gasteiger partial charge on any atom is 0.0951 e. The molecule has 0 aromatic carbocycles. The Hall–Kier alpha value is -0.870. The molecule has 0 amide bonds. The van der Waals surface area contributed by atoms with Crippen molar-refractivity contribution in [3.8, 4) is 0 Å². The molecule has 0 unspecified atom stereocenters. The summed E-state index contributed by atoms with van der Waals surface area (Å²) in [6.45, 7) is 5.77. The smallest absolute Gasteiger partial charge is 0.0951 e. The van der Waals surface area contributed by atoms with Crippen LogP contribution in [0.3, 0.4) is 0 Å². The molecular weight excluding hydrogens is 214 g/mol. The number of nitrogens with zero attached hydrogens (tertiary/aromatic N) is 2. The summed E-state index contributed by atoms with van der Waals surface area (Å²) in [4.78, 5) is 4.17. The summed E-state index contributed by atoms with van der Waals surface area (Å²) in [7, 11) is 0. The summed E-state index contributed by atoms with van der Waals surface area (Å²) in [5, 5.41) is 13.6. The van der Waals surface area contributed by atoms with Gasteiger partial charge in [0.05, 0.1) is 17.6 Å². The van der Waals surface area contributed by atoms with Gasteiger partial charge < -0.3 is 15.0 Å². The maximum atomic E-state index is 10.2. The molecule has 4 nitrogen and oxygen atoms in total. The normalized spacial score (nSPS) is 19.1. The fraction of sp³-hybridized carbons (Fsp3) is 0.769. The van der Waals surface area contributed by atoms with Crippen LogP contribution in [0.15, 0.2) is 12.5 Å². The van der Waals surface area contributed by atoms with Crippen molar-refractivity contribution in [2.24, 2.45) is 0 Å². The number of rotatable bonds is 5. The molecule has 1 aromatic heterocycles. The molecule has 0 spiro atoms. The first-order valence-corrected chi connectivity index (χ1v) is 6.54. The van der Waals surface area contributed by atoms with E-state index in [1.54, 1.807) is 0 Å². The van der Waals surface area contributed by atoms with E-state index in [0.717, 1.165) is 32.2 Å². The van der Waals surface area contributed by atoms with Crippen molar-refractivity contribution in [3.05, 3.63) is 18.2 Å². The third kappa shape index (κ3) is 3.07. The van der Waals surface area contributed by atoms with Crippen LogP contribution in [0.2, 0.25) is 0 Å². The van der Waals surface area contributed by atoms with E-state index in [1.807, 2.05) is 12.5 Å². The van der Waals surface area contributed by atoms with Crippen LogP contribution in [-0.2, 0) is 6.54 Å². The molecule has 0 radical (unpaired) electrons. The maximum absolute atomic E-state index is 10.2. The van der Waals surface area contributed by atoms with Gasteiger partial charge in [-0.25, -0.2) is 4.98 Å². The van der Waals surface area contributed by atoms with E-state index in [-0.39, 0.29) is 0 Å². The highest BCUT2D eigenvalue weighted by Gasteiger charge is 2.30. The lowest BCUT2D eigenvalue weighted by atomic mass is 10.0. The van der Waals surface area contributed by atoms with Crippen LogP contribution in [-0.4, -0.2) is 26.8 Å². The monoisotopic (exact) mass is 237 g/mol. The molecule has 1 aliphatic rings. The lowest BCUT2D eigenvalue weighted by molar-refractivity contribution is 0.0473. The van der Waals surface area contributed by atoms with Gasteiger partial charge in [0, 0.05) is 25.3 Å². The van der Waals surface area contributed by atoms with Gasteiger partial charge in [-0.1, -0.05) is 12.8 Å². The van der Waals surface area contributed by atoms with Crippen LogP contribution in [0.4, 0.5) is 0 Å². The van der Waals surface area contributed by atoms with Crippen molar-refractivity contribution in [3.63, 3.8) is 0 Å². The third-order valence-corrected chi connectivity index (χ3v) is 3.60. The van der Waals surface area contributed by atoms with Gasteiger partial charge in [-0.05, 0) is 26.7 Å². The molecule has 2 N–H and O–H groups in total. The second-order valence-corrected chi connectivity index (χ2v) is 5.42. The van der Waals surface area contributed by atoms with E-state index in [2.05, 4.69) is 28.7 Å². The molecule has 1 aromatic rings. The Balaban J connectivity index is 1.83. The predicted molar refractivity (Wildman–Crippen MR) is 67.7 cm³/mol. The Morgan fingerprint density at radius 1 is 1.47 bits per heavy atom. The Morgan fingerprint density at radius 2 is 2.18 bits per heavy atom. The van der Waals surface area contributed by atoms with Crippen LogP contribution >= 0.6 is 0 Å². The van der Waals surface area contributed by atoms with Crippen molar-refractivity contribution < 1.29 is 5.11 Å². The number of hydrogen-bond acceptors (Lipinski definition) is 3. The molecule has 4 heteroatoms. The highest BCUT2D eigenvalue weighted by molar-refractivity contribution is 5.00. The molecular formula is C13H23N3O. The van der Waals surface area contributed by atoms with E-state index < -0.39 is 5.60 Å². The van der Waals surface area contributed by atoms with E-state index in [4.69, 9.17) is 0 Å². The number of hydrogen-bond donors (Lipinski definition) is 2. The Bertz CT molecular complexity index is 353. The number of aliphatic hydroxyl groups is 1. The Labute approximate surface area is 103 Å². The van der Waals surface area contributed by atoms with Crippen molar-refractivity contribution in [2.75, 3.05) is 6.54 Å². The van der Waals surface area contributed by atoms with Crippen LogP contribution in [0.25, 0.3) is 0 Å². The Kier molecular flexibility index (Phi) is 3.84. The molecule has 0 atom stereocenters. The standard InChI is InChI=1S/C13H23N3O/c1-11(2)16-10-15-8-12(16)7-14-9-13(17)5-3-4-6-13/h8,10-11,14,17H,3-7,9H2,1-2H3. The molecule has 1 aliphatic carbocycles. The number of nitrogens with one attached hydrogen (secondary N) is 1. The zero-order chi connectivity index (χ0) is 12.3. The van der Waals surface area contributed by atoms with Crippen molar-refractivity contribution in [2.45, 2.75) is 57.7 Å². The summed E-state index contributed by atoms with van der Waals surface area (Å²) in [6, 6.07) is 0.434. The third-order valence-electron chi connectivity index (χ3n) is 3.60. The zero-order valence-electron chi connectivity index (χ0n) is 10.8. The fourth-order valence-corrected chi connectivity index (χ4v) is 2.57. The minimum Gasteiger partial charge on any atom is -0.389 e. The van der Waals surface area contributed by atoms with Gasteiger partial charge in [-0.2, -0.15) is 0 Å². The molecule has 0 bridgehead atoms. The topological polar surface area (TPSA) is 50.1 Å². The van der Waals surface area contributed by atoms with Crippen molar-refractivity contribution >= 4 is 0 Å². The summed E-state index contributed by atoms with van der Waals surface area (Å²) in [5.41, 5.74) is 0.712. The lowest BCUT2D eigenvalue weighted by Gasteiger charge is -2.22. The molecule has 1 fully saturated rings. The summed E-state index contributed by atoms with van der Waals surface area (Å²) in [6.07, 6.45) is 7.94.